The highest BCUT2D eigenvalue weighted by Crippen LogP contribution is 2.52. The third kappa shape index (κ3) is 5.56. The molecule has 0 saturated carbocycles. The molecule has 1 aliphatic rings. The summed E-state index contributed by atoms with van der Waals surface area (Å²) in [6, 6.07) is 64.8. The van der Waals surface area contributed by atoms with E-state index in [0.717, 1.165) is 45.0 Å². The average molecular weight is 653 g/mol. The Labute approximate surface area is 299 Å². The van der Waals surface area contributed by atoms with Crippen molar-refractivity contribution < 1.29 is 0 Å². The second kappa shape index (κ2) is 12.5. The fourth-order valence-electron chi connectivity index (χ4n) is 7.63. The highest BCUT2D eigenvalue weighted by Gasteiger charge is 2.37. The van der Waals surface area contributed by atoms with E-state index in [1.807, 2.05) is 0 Å². The normalized spacial score (nSPS) is 12.7. The first-order chi connectivity index (χ1) is 25.0. The molecule has 1 heterocycles. The molecule has 8 aromatic rings. The quantitative estimate of drug-likeness (QED) is 0.179. The van der Waals surface area contributed by atoms with Gasteiger partial charge in [-0.2, -0.15) is 0 Å². The Kier molecular flexibility index (Phi) is 7.51. The van der Waals surface area contributed by atoms with Crippen LogP contribution in [0.25, 0.3) is 78.4 Å². The third-order valence-electron chi connectivity index (χ3n) is 10.3. The maximum absolute atomic E-state index is 5.37. The molecular weight excluding hydrogens is 617 g/mol. The molecule has 9 rings (SSSR count). The van der Waals surface area contributed by atoms with Gasteiger partial charge in [-0.05, 0) is 79.9 Å². The number of rotatable bonds is 6. The Bertz CT molecular complexity index is 2430. The van der Waals surface area contributed by atoms with Crippen LogP contribution in [0.15, 0.2) is 182 Å². The minimum Gasteiger partial charge on any atom is -0.228 e. The summed E-state index contributed by atoms with van der Waals surface area (Å²) in [7, 11) is 0. The first kappa shape index (κ1) is 30.7. The van der Waals surface area contributed by atoms with Gasteiger partial charge in [0.15, 0.2) is 5.82 Å². The van der Waals surface area contributed by atoms with Gasteiger partial charge in [0, 0.05) is 22.1 Å². The van der Waals surface area contributed by atoms with Crippen LogP contribution in [0.3, 0.4) is 0 Å². The first-order valence-corrected chi connectivity index (χ1v) is 17.6. The van der Waals surface area contributed by atoms with Crippen LogP contribution in [0.5, 0.6) is 0 Å². The lowest BCUT2D eigenvalue weighted by atomic mass is 9.81. The molecule has 242 valence electrons. The molecule has 7 aromatic carbocycles. The third-order valence-corrected chi connectivity index (χ3v) is 10.3. The van der Waals surface area contributed by atoms with Crippen LogP contribution < -0.4 is 0 Å². The molecule has 0 radical (unpaired) electrons. The standard InChI is InChI=1S/C49H36N2/c1-49(2)43-26-14-25-42(47(43)41-28-27-38(31-44(41)49)35-19-10-5-11-20-35)48-50-45(39-23-12-21-36(29-39)33-15-6-3-7-16-33)32-46(51-48)40-24-13-22-37(30-40)34-17-8-4-9-18-34/h3-32H,1-2H3. The van der Waals surface area contributed by atoms with E-state index in [-0.39, 0.29) is 5.41 Å². The minimum absolute atomic E-state index is 0.181. The van der Waals surface area contributed by atoms with Gasteiger partial charge in [-0.25, -0.2) is 9.97 Å². The summed E-state index contributed by atoms with van der Waals surface area (Å²) in [6.45, 7) is 4.67. The zero-order valence-corrected chi connectivity index (χ0v) is 28.7. The molecule has 0 bridgehead atoms. The lowest BCUT2D eigenvalue weighted by Gasteiger charge is -2.22. The van der Waals surface area contributed by atoms with Gasteiger partial charge in [-0.3, -0.25) is 0 Å². The Morgan fingerprint density at radius 3 is 1.31 bits per heavy atom. The lowest BCUT2D eigenvalue weighted by molar-refractivity contribution is 0.660. The first-order valence-electron chi connectivity index (χ1n) is 17.6. The Hall–Kier alpha value is -6.38. The van der Waals surface area contributed by atoms with Gasteiger partial charge in [-0.1, -0.05) is 172 Å². The second-order valence-corrected chi connectivity index (χ2v) is 13.8. The van der Waals surface area contributed by atoms with Gasteiger partial charge in [0.1, 0.15) is 0 Å². The van der Waals surface area contributed by atoms with Crippen LogP contribution >= 0.6 is 0 Å². The number of hydrogen-bond donors (Lipinski definition) is 0. The van der Waals surface area contributed by atoms with E-state index >= 15 is 0 Å². The SMILES string of the molecule is CC1(C)c2cc(-c3ccccc3)ccc2-c2c(-c3nc(-c4cccc(-c5ccccc5)c4)cc(-c4cccc(-c5ccccc5)c4)n3)cccc21. The van der Waals surface area contributed by atoms with Gasteiger partial charge < -0.3 is 0 Å². The number of nitrogens with zero attached hydrogens (tertiary/aromatic N) is 2. The predicted molar refractivity (Wildman–Crippen MR) is 212 cm³/mol. The summed E-state index contributed by atoms with van der Waals surface area (Å²) in [5.74, 6) is 0.727. The van der Waals surface area contributed by atoms with Crippen molar-refractivity contribution >= 4 is 0 Å². The van der Waals surface area contributed by atoms with Crippen molar-refractivity contribution in [2.24, 2.45) is 0 Å². The Morgan fingerprint density at radius 1 is 0.333 bits per heavy atom. The van der Waals surface area contributed by atoms with E-state index in [0.29, 0.717) is 0 Å². The van der Waals surface area contributed by atoms with Crippen molar-refractivity contribution in [2.75, 3.05) is 0 Å². The summed E-state index contributed by atoms with van der Waals surface area (Å²) in [5, 5.41) is 0. The van der Waals surface area contributed by atoms with Gasteiger partial charge in [0.05, 0.1) is 11.4 Å². The van der Waals surface area contributed by atoms with E-state index in [1.165, 1.54) is 44.5 Å². The van der Waals surface area contributed by atoms with E-state index in [1.54, 1.807) is 0 Å². The van der Waals surface area contributed by atoms with Crippen LogP contribution in [-0.2, 0) is 5.41 Å². The van der Waals surface area contributed by atoms with Crippen LogP contribution in [0.1, 0.15) is 25.0 Å². The van der Waals surface area contributed by atoms with Crippen molar-refractivity contribution in [1.29, 1.82) is 0 Å². The van der Waals surface area contributed by atoms with Gasteiger partial charge in [0.2, 0.25) is 0 Å². The highest BCUT2D eigenvalue weighted by atomic mass is 14.9. The Morgan fingerprint density at radius 2 is 0.784 bits per heavy atom. The molecule has 0 fully saturated rings. The molecule has 0 unspecified atom stereocenters. The molecule has 0 amide bonds. The fraction of sp³-hybridized carbons (Fsp3) is 0.0612. The molecule has 0 aliphatic heterocycles. The number of hydrogen-bond acceptors (Lipinski definition) is 2. The maximum atomic E-state index is 5.37. The number of benzene rings is 7. The zero-order chi connectivity index (χ0) is 34.4. The monoisotopic (exact) mass is 652 g/mol. The largest absolute Gasteiger partial charge is 0.228 e. The number of fused-ring (bicyclic) bond motifs is 3. The minimum atomic E-state index is -0.181. The van der Waals surface area contributed by atoms with Crippen molar-refractivity contribution in [3.8, 4) is 78.4 Å². The molecular formula is C49H36N2. The van der Waals surface area contributed by atoms with E-state index in [2.05, 4.69) is 196 Å². The molecule has 51 heavy (non-hydrogen) atoms. The lowest BCUT2D eigenvalue weighted by Crippen LogP contribution is -2.15. The summed E-state index contributed by atoms with van der Waals surface area (Å²) >= 11 is 0. The zero-order valence-electron chi connectivity index (χ0n) is 28.7. The van der Waals surface area contributed by atoms with Crippen LogP contribution in [0, 0.1) is 0 Å². The summed E-state index contributed by atoms with van der Waals surface area (Å²) in [4.78, 5) is 10.7. The summed E-state index contributed by atoms with van der Waals surface area (Å²) in [5.41, 5.74) is 17.0. The fourth-order valence-corrected chi connectivity index (χ4v) is 7.63. The second-order valence-electron chi connectivity index (χ2n) is 13.8. The van der Waals surface area contributed by atoms with Gasteiger partial charge >= 0.3 is 0 Å². The van der Waals surface area contributed by atoms with Crippen molar-refractivity contribution in [3.63, 3.8) is 0 Å². The van der Waals surface area contributed by atoms with Crippen LogP contribution in [0.4, 0.5) is 0 Å². The molecule has 1 aromatic heterocycles. The van der Waals surface area contributed by atoms with Crippen LogP contribution in [-0.4, -0.2) is 9.97 Å². The topological polar surface area (TPSA) is 25.8 Å². The Balaban J connectivity index is 1.24. The molecule has 0 atom stereocenters. The molecule has 0 saturated heterocycles. The highest BCUT2D eigenvalue weighted by molar-refractivity contribution is 5.93. The van der Waals surface area contributed by atoms with E-state index in [9.17, 15) is 0 Å². The van der Waals surface area contributed by atoms with Gasteiger partial charge in [0.25, 0.3) is 0 Å². The molecule has 0 N–H and O–H groups in total. The molecule has 2 nitrogen and oxygen atoms in total. The van der Waals surface area contributed by atoms with E-state index < -0.39 is 0 Å². The predicted octanol–water partition coefficient (Wildman–Crippen LogP) is 12.8. The van der Waals surface area contributed by atoms with Crippen molar-refractivity contribution in [2.45, 2.75) is 19.3 Å². The van der Waals surface area contributed by atoms with Crippen LogP contribution in [0.2, 0.25) is 0 Å². The smallest absolute Gasteiger partial charge is 0.161 e. The number of aromatic nitrogens is 2. The maximum Gasteiger partial charge on any atom is 0.161 e. The molecule has 0 spiro atoms. The average Bonchev–Trinajstić information content (AvgIpc) is 3.44. The summed E-state index contributed by atoms with van der Waals surface area (Å²) < 4.78 is 0. The summed E-state index contributed by atoms with van der Waals surface area (Å²) in [6.07, 6.45) is 0. The molecule has 2 heteroatoms. The van der Waals surface area contributed by atoms with Crippen molar-refractivity contribution in [3.05, 3.63) is 193 Å². The van der Waals surface area contributed by atoms with E-state index in [4.69, 9.17) is 9.97 Å². The molecule has 1 aliphatic carbocycles. The van der Waals surface area contributed by atoms with Crippen molar-refractivity contribution in [1.82, 2.24) is 9.97 Å². The van der Waals surface area contributed by atoms with Gasteiger partial charge in [-0.15, -0.1) is 0 Å².